The predicted octanol–water partition coefficient (Wildman–Crippen LogP) is 3.77. The maximum Gasteiger partial charge on any atom is 0.0410 e. The van der Waals surface area contributed by atoms with Crippen LogP contribution in [-0.2, 0) is 0 Å². The highest BCUT2D eigenvalue weighted by Gasteiger charge is 2.40. The summed E-state index contributed by atoms with van der Waals surface area (Å²) in [6, 6.07) is 0. The van der Waals surface area contributed by atoms with Crippen LogP contribution in [0.1, 0.15) is 67.7 Å². The third-order valence-electron chi connectivity index (χ3n) is 4.07. The predicted molar refractivity (Wildman–Crippen MR) is 79.1 cm³/mol. The van der Waals surface area contributed by atoms with Crippen molar-refractivity contribution in [1.82, 2.24) is 9.96 Å². The van der Waals surface area contributed by atoms with E-state index in [0.717, 1.165) is 12.8 Å². The SMILES string of the molecule is CC1(C)CCCC(C)(C)N1O.CCN(CC)CC. The van der Waals surface area contributed by atoms with E-state index >= 15 is 0 Å². The molecule has 0 aromatic carbocycles. The van der Waals surface area contributed by atoms with Crippen molar-refractivity contribution >= 4 is 0 Å². The highest BCUT2D eigenvalue weighted by Crippen LogP contribution is 2.35. The van der Waals surface area contributed by atoms with Crippen molar-refractivity contribution in [2.24, 2.45) is 0 Å². The Hall–Kier alpha value is -0.120. The molecule has 0 aliphatic carbocycles. The first-order valence-corrected chi connectivity index (χ1v) is 7.42. The summed E-state index contributed by atoms with van der Waals surface area (Å²) in [6.45, 7) is 18.5. The molecule has 1 saturated heterocycles. The van der Waals surface area contributed by atoms with E-state index in [1.165, 1.54) is 31.1 Å². The Labute approximate surface area is 114 Å². The van der Waals surface area contributed by atoms with Crippen molar-refractivity contribution in [3.05, 3.63) is 0 Å². The molecule has 0 aromatic rings. The number of hydrogen-bond donors (Lipinski definition) is 1. The van der Waals surface area contributed by atoms with Gasteiger partial charge in [0.2, 0.25) is 0 Å². The Morgan fingerprint density at radius 3 is 1.39 bits per heavy atom. The van der Waals surface area contributed by atoms with Gasteiger partial charge in [-0.05, 0) is 66.6 Å². The maximum atomic E-state index is 9.80. The van der Waals surface area contributed by atoms with E-state index in [1.54, 1.807) is 0 Å². The summed E-state index contributed by atoms with van der Waals surface area (Å²) in [5, 5.41) is 11.3. The number of piperidine rings is 1. The van der Waals surface area contributed by atoms with Crippen LogP contribution in [0.25, 0.3) is 0 Å². The molecule has 0 aromatic heterocycles. The van der Waals surface area contributed by atoms with Crippen LogP contribution in [0, 0.1) is 0 Å². The van der Waals surface area contributed by atoms with Crippen LogP contribution in [0.4, 0.5) is 0 Å². The van der Waals surface area contributed by atoms with Crippen LogP contribution in [0.5, 0.6) is 0 Å². The molecule has 1 aliphatic heterocycles. The quantitative estimate of drug-likeness (QED) is 0.835. The second-order valence-electron chi connectivity index (χ2n) is 6.41. The zero-order valence-electron chi connectivity index (χ0n) is 13.6. The van der Waals surface area contributed by atoms with E-state index in [9.17, 15) is 5.21 Å². The smallest absolute Gasteiger partial charge is 0.0410 e. The van der Waals surface area contributed by atoms with E-state index in [-0.39, 0.29) is 11.1 Å². The van der Waals surface area contributed by atoms with Crippen molar-refractivity contribution in [2.75, 3.05) is 19.6 Å². The van der Waals surface area contributed by atoms with Gasteiger partial charge < -0.3 is 10.1 Å². The lowest BCUT2D eigenvalue weighted by atomic mass is 9.82. The van der Waals surface area contributed by atoms with Crippen LogP contribution in [0.15, 0.2) is 0 Å². The highest BCUT2D eigenvalue weighted by atomic mass is 16.5. The number of hydroxylamine groups is 2. The Balaban J connectivity index is 0.000000360. The minimum atomic E-state index is -0.0399. The minimum absolute atomic E-state index is 0.0399. The Bertz CT molecular complexity index is 201. The van der Waals surface area contributed by atoms with E-state index in [1.807, 2.05) is 0 Å². The summed E-state index contributed by atoms with van der Waals surface area (Å²) >= 11 is 0. The number of nitrogens with zero attached hydrogens (tertiary/aromatic N) is 2. The molecule has 1 aliphatic rings. The standard InChI is InChI=1S/C9H19NO.C6H15N/c1-8(2)6-5-7-9(3,4)10(8)11;1-4-7(5-2)6-3/h11H,5-7H2,1-4H3;4-6H2,1-3H3. The van der Waals surface area contributed by atoms with Crippen molar-refractivity contribution in [2.45, 2.75) is 78.8 Å². The molecule has 3 nitrogen and oxygen atoms in total. The second-order valence-corrected chi connectivity index (χ2v) is 6.41. The molecule has 0 saturated carbocycles. The molecule has 1 heterocycles. The van der Waals surface area contributed by atoms with Crippen molar-refractivity contribution in [3.8, 4) is 0 Å². The normalized spacial score (nSPS) is 22.5. The lowest BCUT2D eigenvalue weighted by Gasteiger charge is -2.48. The van der Waals surface area contributed by atoms with Crippen LogP contribution in [-0.4, -0.2) is 45.9 Å². The van der Waals surface area contributed by atoms with Crippen LogP contribution < -0.4 is 0 Å². The van der Waals surface area contributed by atoms with E-state index < -0.39 is 0 Å². The fourth-order valence-corrected chi connectivity index (χ4v) is 2.66. The monoisotopic (exact) mass is 258 g/mol. The molecule has 0 atom stereocenters. The molecule has 1 fully saturated rings. The topological polar surface area (TPSA) is 26.7 Å². The summed E-state index contributed by atoms with van der Waals surface area (Å²) in [5.41, 5.74) is -0.0799. The second kappa shape index (κ2) is 7.46. The summed E-state index contributed by atoms with van der Waals surface area (Å²) < 4.78 is 0. The average Bonchev–Trinajstić information content (AvgIpc) is 2.29. The molecule has 0 bridgehead atoms. The molecule has 1 N–H and O–H groups in total. The average molecular weight is 258 g/mol. The first kappa shape index (κ1) is 17.9. The molecule has 18 heavy (non-hydrogen) atoms. The number of hydrogen-bond acceptors (Lipinski definition) is 3. The minimum Gasteiger partial charge on any atom is -0.313 e. The van der Waals surface area contributed by atoms with Gasteiger partial charge in [0.05, 0.1) is 0 Å². The third-order valence-corrected chi connectivity index (χ3v) is 4.07. The summed E-state index contributed by atoms with van der Waals surface area (Å²) in [7, 11) is 0. The molecular weight excluding hydrogens is 224 g/mol. The summed E-state index contributed by atoms with van der Waals surface area (Å²) in [6.07, 6.45) is 3.40. The van der Waals surface area contributed by atoms with Gasteiger partial charge in [-0.25, -0.2) is 0 Å². The van der Waals surface area contributed by atoms with Gasteiger partial charge in [0.25, 0.3) is 0 Å². The van der Waals surface area contributed by atoms with Crippen LogP contribution >= 0.6 is 0 Å². The van der Waals surface area contributed by atoms with E-state index in [2.05, 4.69) is 53.4 Å². The largest absolute Gasteiger partial charge is 0.313 e. The Morgan fingerprint density at radius 2 is 1.22 bits per heavy atom. The van der Waals surface area contributed by atoms with Gasteiger partial charge in [0.1, 0.15) is 0 Å². The van der Waals surface area contributed by atoms with Gasteiger partial charge >= 0.3 is 0 Å². The van der Waals surface area contributed by atoms with Gasteiger partial charge in [-0.1, -0.05) is 20.8 Å². The van der Waals surface area contributed by atoms with Crippen LogP contribution in [0.2, 0.25) is 0 Å². The molecule has 110 valence electrons. The first-order valence-electron chi connectivity index (χ1n) is 7.42. The molecule has 1 rings (SSSR count). The van der Waals surface area contributed by atoms with Gasteiger partial charge in [-0.15, -0.1) is 0 Å². The molecule has 0 spiro atoms. The third kappa shape index (κ3) is 5.25. The molecule has 0 amide bonds. The molecule has 0 unspecified atom stereocenters. The Morgan fingerprint density at radius 1 is 0.889 bits per heavy atom. The molecule has 0 radical (unpaired) electrons. The molecular formula is C15H34N2O. The van der Waals surface area contributed by atoms with Gasteiger partial charge in [0, 0.05) is 11.1 Å². The lowest BCUT2D eigenvalue weighted by molar-refractivity contribution is -0.241. The zero-order valence-corrected chi connectivity index (χ0v) is 13.6. The Kier molecular flexibility index (Phi) is 7.41. The zero-order chi connectivity index (χ0) is 14.4. The van der Waals surface area contributed by atoms with Crippen molar-refractivity contribution in [3.63, 3.8) is 0 Å². The fraction of sp³-hybridized carbons (Fsp3) is 1.00. The first-order chi connectivity index (χ1) is 8.21. The van der Waals surface area contributed by atoms with Gasteiger partial charge in [-0.2, -0.15) is 5.06 Å². The van der Waals surface area contributed by atoms with Gasteiger partial charge in [0.15, 0.2) is 0 Å². The molecule has 3 heteroatoms. The van der Waals surface area contributed by atoms with E-state index in [0.29, 0.717) is 0 Å². The fourth-order valence-electron chi connectivity index (χ4n) is 2.66. The van der Waals surface area contributed by atoms with Crippen molar-refractivity contribution in [1.29, 1.82) is 0 Å². The maximum absolute atomic E-state index is 9.80. The summed E-state index contributed by atoms with van der Waals surface area (Å²) in [4.78, 5) is 2.38. The van der Waals surface area contributed by atoms with Crippen LogP contribution in [0.3, 0.4) is 0 Å². The summed E-state index contributed by atoms with van der Waals surface area (Å²) in [5.74, 6) is 0. The van der Waals surface area contributed by atoms with E-state index in [4.69, 9.17) is 0 Å². The lowest BCUT2D eigenvalue weighted by Crippen LogP contribution is -2.56. The number of rotatable bonds is 3. The highest BCUT2D eigenvalue weighted by molar-refractivity contribution is 4.91. The van der Waals surface area contributed by atoms with Gasteiger partial charge in [-0.3, -0.25) is 0 Å². The van der Waals surface area contributed by atoms with Crippen molar-refractivity contribution < 1.29 is 5.21 Å².